The second-order valence-corrected chi connectivity index (χ2v) is 2.88. The van der Waals surface area contributed by atoms with Gasteiger partial charge in [-0.05, 0) is 26.1 Å². The van der Waals surface area contributed by atoms with Gasteiger partial charge in [-0.2, -0.15) is 5.26 Å². The molecular formula is C7H8N2OS. The quantitative estimate of drug-likeness (QED) is 0.550. The summed E-state index contributed by atoms with van der Waals surface area (Å²) >= 11 is 4.74. The average molecular weight is 168 g/mol. The minimum absolute atomic E-state index is 0.250. The molecule has 0 aromatic rings. The molecule has 11 heavy (non-hydrogen) atoms. The van der Waals surface area contributed by atoms with Crippen LogP contribution in [0, 0.1) is 11.3 Å². The van der Waals surface area contributed by atoms with Crippen LogP contribution >= 0.6 is 12.2 Å². The van der Waals surface area contributed by atoms with E-state index in [1.807, 2.05) is 13.0 Å². The van der Waals surface area contributed by atoms with Crippen LogP contribution in [0.5, 0.6) is 0 Å². The summed E-state index contributed by atoms with van der Waals surface area (Å²) in [5.41, 5.74) is -0.0592. The van der Waals surface area contributed by atoms with Crippen molar-refractivity contribution in [3.63, 3.8) is 0 Å². The molecule has 0 radical (unpaired) electrons. The monoisotopic (exact) mass is 168 g/mol. The van der Waals surface area contributed by atoms with Crippen LogP contribution in [-0.4, -0.2) is 10.8 Å². The average Bonchev–Trinajstić information content (AvgIpc) is 1.98. The smallest absolute Gasteiger partial charge is 0.262 e. The lowest BCUT2D eigenvalue weighted by Crippen LogP contribution is -2.40. The molecule has 1 atom stereocenters. The van der Waals surface area contributed by atoms with Gasteiger partial charge in [0, 0.05) is 11.8 Å². The fourth-order valence-corrected chi connectivity index (χ4v) is 0.937. The molecular weight excluding hydrogens is 160 g/mol. The predicted octanol–water partition coefficient (Wildman–Crippen LogP) is 1.08. The van der Waals surface area contributed by atoms with Crippen molar-refractivity contribution in [1.29, 1.82) is 5.26 Å². The van der Waals surface area contributed by atoms with Gasteiger partial charge >= 0.3 is 0 Å². The van der Waals surface area contributed by atoms with Crippen LogP contribution in [0.4, 0.5) is 0 Å². The van der Waals surface area contributed by atoms with Crippen molar-refractivity contribution < 1.29 is 4.74 Å². The summed E-state index contributed by atoms with van der Waals surface area (Å²) in [5.74, 6) is 0. The molecule has 1 aliphatic heterocycles. The zero-order valence-corrected chi connectivity index (χ0v) is 7.16. The normalized spacial score (nSPS) is 29.5. The Kier molecular flexibility index (Phi) is 1.83. The summed E-state index contributed by atoms with van der Waals surface area (Å²) in [6, 6.07) is 2.04. The molecule has 58 valence electrons. The summed E-state index contributed by atoms with van der Waals surface area (Å²) < 4.78 is 5.13. The van der Waals surface area contributed by atoms with Crippen LogP contribution < -0.4 is 5.32 Å². The van der Waals surface area contributed by atoms with E-state index in [1.165, 1.54) is 0 Å². The largest absolute Gasteiger partial charge is 0.445 e. The van der Waals surface area contributed by atoms with E-state index in [1.54, 1.807) is 13.1 Å². The summed E-state index contributed by atoms with van der Waals surface area (Å²) in [5, 5.41) is 11.7. The summed E-state index contributed by atoms with van der Waals surface area (Å²) in [7, 11) is 0. The molecule has 0 saturated carbocycles. The number of hydrogen-bond acceptors (Lipinski definition) is 3. The van der Waals surface area contributed by atoms with Crippen LogP contribution in [-0.2, 0) is 4.74 Å². The van der Waals surface area contributed by atoms with Crippen molar-refractivity contribution in [2.24, 2.45) is 0 Å². The first-order valence-corrected chi connectivity index (χ1v) is 3.57. The fraction of sp³-hybridized carbons (Fsp3) is 0.429. The third-order valence-electron chi connectivity index (χ3n) is 1.67. The van der Waals surface area contributed by atoms with Gasteiger partial charge in [0.2, 0.25) is 5.60 Å². The van der Waals surface area contributed by atoms with Crippen molar-refractivity contribution in [1.82, 2.24) is 5.32 Å². The molecule has 1 aliphatic rings. The van der Waals surface area contributed by atoms with Gasteiger partial charge in [0.05, 0.1) is 0 Å². The van der Waals surface area contributed by atoms with Gasteiger partial charge in [-0.25, -0.2) is 0 Å². The molecule has 1 N–H and O–H groups in total. The van der Waals surface area contributed by atoms with Gasteiger partial charge in [0.1, 0.15) is 6.07 Å². The first-order valence-electron chi connectivity index (χ1n) is 3.16. The number of rotatable bonds is 0. The first-order chi connectivity index (χ1) is 5.08. The Labute approximate surface area is 70.6 Å². The number of hydrogen-bond donors (Lipinski definition) is 1. The Balaban J connectivity index is 2.99. The predicted molar refractivity (Wildman–Crippen MR) is 44.6 cm³/mol. The van der Waals surface area contributed by atoms with Crippen LogP contribution in [0.3, 0.4) is 0 Å². The van der Waals surface area contributed by atoms with Crippen LogP contribution in [0.25, 0.3) is 0 Å². The van der Waals surface area contributed by atoms with E-state index in [0.717, 1.165) is 5.57 Å². The molecule has 0 saturated heterocycles. The van der Waals surface area contributed by atoms with E-state index >= 15 is 0 Å². The SMILES string of the molecule is CC1=CNC(=S)OC1(C)C#N. The van der Waals surface area contributed by atoms with Gasteiger partial charge in [0.15, 0.2) is 0 Å². The molecule has 0 amide bonds. The maximum absolute atomic E-state index is 8.74. The van der Waals surface area contributed by atoms with E-state index in [0.29, 0.717) is 0 Å². The highest BCUT2D eigenvalue weighted by Crippen LogP contribution is 2.22. The molecule has 0 aromatic carbocycles. The van der Waals surface area contributed by atoms with E-state index in [2.05, 4.69) is 5.32 Å². The van der Waals surface area contributed by atoms with Crippen LogP contribution in [0.15, 0.2) is 11.8 Å². The second-order valence-electron chi connectivity index (χ2n) is 2.51. The van der Waals surface area contributed by atoms with Crippen molar-refractivity contribution in [3.8, 4) is 6.07 Å². The fourth-order valence-electron chi connectivity index (χ4n) is 0.711. The van der Waals surface area contributed by atoms with Gasteiger partial charge in [0.25, 0.3) is 5.17 Å². The zero-order valence-electron chi connectivity index (χ0n) is 6.34. The van der Waals surface area contributed by atoms with Crippen LogP contribution in [0.1, 0.15) is 13.8 Å². The summed E-state index contributed by atoms with van der Waals surface area (Å²) in [4.78, 5) is 0. The molecule has 0 aromatic heterocycles. The highest BCUT2D eigenvalue weighted by molar-refractivity contribution is 7.80. The van der Waals surface area contributed by atoms with Crippen molar-refractivity contribution >= 4 is 17.4 Å². The molecule has 1 heterocycles. The lowest BCUT2D eigenvalue weighted by atomic mass is 9.99. The lowest BCUT2D eigenvalue weighted by molar-refractivity contribution is 0.163. The minimum Gasteiger partial charge on any atom is -0.445 e. The van der Waals surface area contributed by atoms with E-state index in [4.69, 9.17) is 22.2 Å². The van der Waals surface area contributed by atoms with Gasteiger partial charge in [-0.1, -0.05) is 0 Å². The molecule has 1 rings (SSSR count). The second kappa shape index (κ2) is 2.51. The number of ether oxygens (including phenoxy) is 1. The summed E-state index contributed by atoms with van der Waals surface area (Å²) in [6.45, 7) is 3.50. The Morgan fingerprint density at radius 2 is 2.45 bits per heavy atom. The molecule has 3 nitrogen and oxygen atoms in total. The van der Waals surface area contributed by atoms with Crippen molar-refractivity contribution in [2.75, 3.05) is 0 Å². The Morgan fingerprint density at radius 3 is 2.91 bits per heavy atom. The summed E-state index contributed by atoms with van der Waals surface area (Å²) in [6.07, 6.45) is 1.69. The number of nitriles is 1. The van der Waals surface area contributed by atoms with E-state index in [-0.39, 0.29) is 5.17 Å². The highest BCUT2D eigenvalue weighted by atomic mass is 32.1. The topological polar surface area (TPSA) is 45.0 Å². The molecule has 0 aliphatic carbocycles. The van der Waals surface area contributed by atoms with Gasteiger partial charge in [-0.3, -0.25) is 0 Å². The number of nitrogens with one attached hydrogen (secondary N) is 1. The van der Waals surface area contributed by atoms with Gasteiger partial charge in [-0.15, -0.1) is 0 Å². The van der Waals surface area contributed by atoms with Crippen LogP contribution in [0.2, 0.25) is 0 Å². The third kappa shape index (κ3) is 1.33. The van der Waals surface area contributed by atoms with Crippen molar-refractivity contribution in [2.45, 2.75) is 19.4 Å². The van der Waals surface area contributed by atoms with E-state index < -0.39 is 5.60 Å². The molecule has 0 bridgehead atoms. The number of thiocarbonyl (C=S) groups is 1. The first kappa shape index (κ1) is 8.02. The Bertz CT molecular complexity index is 266. The molecule has 0 fully saturated rings. The highest BCUT2D eigenvalue weighted by Gasteiger charge is 2.32. The lowest BCUT2D eigenvalue weighted by Gasteiger charge is -2.28. The Morgan fingerprint density at radius 1 is 1.82 bits per heavy atom. The maximum Gasteiger partial charge on any atom is 0.262 e. The molecule has 4 heteroatoms. The standard InChI is InChI=1S/C7H8N2OS/c1-5-3-9-6(11)10-7(5,2)4-8/h3H,1-2H3,(H,9,11). The third-order valence-corrected chi connectivity index (χ3v) is 1.87. The maximum atomic E-state index is 8.74. The zero-order chi connectivity index (χ0) is 8.48. The van der Waals surface area contributed by atoms with Gasteiger partial charge < -0.3 is 10.1 Å². The number of nitrogens with zero attached hydrogens (tertiary/aromatic N) is 1. The van der Waals surface area contributed by atoms with Crippen molar-refractivity contribution in [3.05, 3.63) is 11.8 Å². The van der Waals surface area contributed by atoms with E-state index in [9.17, 15) is 0 Å². The minimum atomic E-state index is -0.887. The Hall–Kier alpha value is -1.08. The molecule has 0 spiro atoms. The molecule has 1 unspecified atom stereocenters.